The summed E-state index contributed by atoms with van der Waals surface area (Å²) < 4.78 is 10.4. The van der Waals surface area contributed by atoms with Gasteiger partial charge in [0.1, 0.15) is 5.76 Å². The van der Waals surface area contributed by atoms with Gasteiger partial charge in [-0.2, -0.15) is 0 Å². The van der Waals surface area contributed by atoms with Gasteiger partial charge in [0.05, 0.1) is 17.7 Å². The summed E-state index contributed by atoms with van der Waals surface area (Å²) in [4.78, 5) is 34.7. The highest BCUT2D eigenvalue weighted by Gasteiger charge is 2.15. The van der Waals surface area contributed by atoms with Gasteiger partial charge in [-0.15, -0.1) is 0 Å². The number of anilines is 1. The first-order chi connectivity index (χ1) is 14.0. The summed E-state index contributed by atoms with van der Waals surface area (Å²) in [5.74, 6) is -0.223. The van der Waals surface area contributed by atoms with E-state index in [9.17, 15) is 19.7 Å². The summed E-state index contributed by atoms with van der Waals surface area (Å²) in [5.41, 5.74) is 0.524. The lowest BCUT2D eigenvalue weighted by Gasteiger charge is -2.09. The number of para-hydroxylation sites is 2. The van der Waals surface area contributed by atoms with Gasteiger partial charge in [-0.05, 0) is 36.4 Å². The number of furan rings is 1. The number of carbonyl (C=O) groups excluding carboxylic acids is 2. The van der Waals surface area contributed by atoms with Crippen molar-refractivity contribution in [2.24, 2.45) is 0 Å². The van der Waals surface area contributed by atoms with Gasteiger partial charge in [0.25, 0.3) is 11.8 Å². The van der Waals surface area contributed by atoms with E-state index < -0.39 is 17.4 Å². The molecular weight excluding hydrogens is 378 g/mol. The first-order valence-corrected chi connectivity index (χ1v) is 8.59. The SMILES string of the molecule is O=C(COc1ccccc1[N+](=O)[O-])Nc1cccc(C(=O)NCc2ccco2)c1. The van der Waals surface area contributed by atoms with Crippen LogP contribution < -0.4 is 15.4 Å². The molecule has 148 valence electrons. The van der Waals surface area contributed by atoms with Crippen LogP contribution in [0.5, 0.6) is 5.75 Å². The molecule has 0 saturated carbocycles. The van der Waals surface area contributed by atoms with Crippen LogP contribution in [-0.2, 0) is 11.3 Å². The van der Waals surface area contributed by atoms with Crippen LogP contribution in [0.15, 0.2) is 71.3 Å². The third-order valence-electron chi connectivity index (χ3n) is 3.83. The normalized spacial score (nSPS) is 10.2. The lowest BCUT2D eigenvalue weighted by atomic mass is 10.2. The molecule has 0 saturated heterocycles. The number of nitro groups is 1. The second-order valence-electron chi connectivity index (χ2n) is 5.90. The number of carbonyl (C=O) groups is 2. The summed E-state index contributed by atoms with van der Waals surface area (Å²) in [5, 5.41) is 16.3. The number of hydrogen-bond acceptors (Lipinski definition) is 6. The minimum atomic E-state index is -0.585. The minimum absolute atomic E-state index is 0.00120. The second-order valence-corrected chi connectivity index (χ2v) is 5.90. The summed E-state index contributed by atoms with van der Waals surface area (Å²) in [6, 6.07) is 15.6. The van der Waals surface area contributed by atoms with Crippen molar-refractivity contribution in [2.75, 3.05) is 11.9 Å². The average Bonchev–Trinajstić information content (AvgIpc) is 3.24. The molecule has 2 amide bonds. The molecule has 29 heavy (non-hydrogen) atoms. The van der Waals surface area contributed by atoms with Gasteiger partial charge < -0.3 is 19.8 Å². The first-order valence-electron chi connectivity index (χ1n) is 8.59. The van der Waals surface area contributed by atoms with Crippen LogP contribution in [0, 0.1) is 10.1 Å². The maximum Gasteiger partial charge on any atom is 0.310 e. The van der Waals surface area contributed by atoms with Crippen molar-refractivity contribution in [1.29, 1.82) is 0 Å². The van der Waals surface area contributed by atoms with Crippen LogP contribution in [0.1, 0.15) is 16.1 Å². The number of nitrogens with zero attached hydrogens (tertiary/aromatic N) is 1. The topological polar surface area (TPSA) is 124 Å². The van der Waals surface area contributed by atoms with Crippen molar-refractivity contribution in [2.45, 2.75) is 6.54 Å². The Morgan fingerprint density at radius 3 is 2.66 bits per heavy atom. The van der Waals surface area contributed by atoms with E-state index in [0.29, 0.717) is 17.0 Å². The molecule has 3 aromatic rings. The van der Waals surface area contributed by atoms with Crippen LogP contribution in [0.3, 0.4) is 0 Å². The summed E-state index contributed by atoms with van der Waals surface area (Å²) in [6.45, 7) is -0.175. The van der Waals surface area contributed by atoms with Crippen LogP contribution in [0.4, 0.5) is 11.4 Å². The molecule has 2 aromatic carbocycles. The standard InChI is InChI=1S/C20H17N3O6/c24-19(13-29-18-9-2-1-8-17(18)23(26)27)22-15-6-3-5-14(11-15)20(25)21-12-16-7-4-10-28-16/h1-11H,12-13H2,(H,21,25)(H,22,24). The molecule has 1 aromatic heterocycles. The van der Waals surface area contributed by atoms with E-state index in [4.69, 9.17) is 9.15 Å². The molecule has 0 atom stereocenters. The van der Waals surface area contributed by atoms with E-state index in [0.717, 1.165) is 0 Å². The third-order valence-corrected chi connectivity index (χ3v) is 3.83. The van der Waals surface area contributed by atoms with Crippen LogP contribution >= 0.6 is 0 Å². The zero-order valence-electron chi connectivity index (χ0n) is 15.2. The quantitative estimate of drug-likeness (QED) is 0.446. The predicted molar refractivity (Wildman–Crippen MR) is 104 cm³/mol. The fraction of sp³-hybridized carbons (Fsp3) is 0.100. The molecule has 9 heteroatoms. The number of nitrogens with one attached hydrogen (secondary N) is 2. The molecule has 0 aliphatic heterocycles. The number of amides is 2. The highest BCUT2D eigenvalue weighted by molar-refractivity contribution is 5.97. The summed E-state index contributed by atoms with van der Waals surface area (Å²) in [6.07, 6.45) is 1.52. The molecule has 0 bridgehead atoms. The van der Waals surface area contributed by atoms with Crippen LogP contribution in [-0.4, -0.2) is 23.3 Å². The average molecular weight is 395 g/mol. The molecular formula is C20H17N3O6. The van der Waals surface area contributed by atoms with Gasteiger partial charge in [0, 0.05) is 17.3 Å². The van der Waals surface area contributed by atoms with E-state index in [1.165, 1.54) is 30.5 Å². The Hall–Kier alpha value is -4.14. The first kappa shape index (κ1) is 19.6. The van der Waals surface area contributed by atoms with Gasteiger partial charge in [-0.25, -0.2) is 0 Å². The Morgan fingerprint density at radius 2 is 1.90 bits per heavy atom. The molecule has 0 aliphatic rings. The smallest absolute Gasteiger partial charge is 0.310 e. The molecule has 9 nitrogen and oxygen atoms in total. The zero-order chi connectivity index (χ0) is 20.6. The Bertz CT molecular complexity index is 1020. The number of rotatable bonds is 8. The lowest BCUT2D eigenvalue weighted by Crippen LogP contribution is -2.23. The van der Waals surface area contributed by atoms with E-state index in [1.54, 1.807) is 36.4 Å². The number of benzene rings is 2. The monoisotopic (exact) mass is 395 g/mol. The van der Waals surface area contributed by atoms with E-state index in [-0.39, 0.29) is 23.9 Å². The molecule has 0 aliphatic carbocycles. The molecule has 0 fully saturated rings. The summed E-state index contributed by atoms with van der Waals surface area (Å²) in [7, 11) is 0. The minimum Gasteiger partial charge on any atom is -0.477 e. The lowest BCUT2D eigenvalue weighted by molar-refractivity contribution is -0.385. The fourth-order valence-corrected chi connectivity index (χ4v) is 2.49. The van der Waals surface area contributed by atoms with Crippen molar-refractivity contribution in [3.05, 3.63) is 88.4 Å². The van der Waals surface area contributed by atoms with Gasteiger partial charge in [-0.3, -0.25) is 19.7 Å². The highest BCUT2D eigenvalue weighted by Crippen LogP contribution is 2.25. The van der Waals surface area contributed by atoms with Gasteiger partial charge in [0.2, 0.25) is 0 Å². The maximum absolute atomic E-state index is 12.2. The van der Waals surface area contributed by atoms with E-state index in [1.807, 2.05) is 0 Å². The van der Waals surface area contributed by atoms with Gasteiger partial charge >= 0.3 is 5.69 Å². The molecule has 0 radical (unpaired) electrons. The number of hydrogen-bond donors (Lipinski definition) is 2. The van der Waals surface area contributed by atoms with Crippen LogP contribution in [0.2, 0.25) is 0 Å². The number of ether oxygens (including phenoxy) is 1. The maximum atomic E-state index is 12.2. The molecule has 2 N–H and O–H groups in total. The number of nitro benzene ring substituents is 1. The zero-order valence-corrected chi connectivity index (χ0v) is 15.2. The van der Waals surface area contributed by atoms with Crippen molar-refractivity contribution in [3.63, 3.8) is 0 Å². The molecule has 3 rings (SSSR count). The summed E-state index contributed by atoms with van der Waals surface area (Å²) >= 11 is 0. The Morgan fingerprint density at radius 1 is 1.07 bits per heavy atom. The van der Waals surface area contributed by atoms with Gasteiger partial charge in [0.15, 0.2) is 12.4 Å². The van der Waals surface area contributed by atoms with Crippen molar-refractivity contribution < 1.29 is 23.7 Å². The fourth-order valence-electron chi connectivity index (χ4n) is 2.49. The largest absolute Gasteiger partial charge is 0.477 e. The van der Waals surface area contributed by atoms with Gasteiger partial charge in [-0.1, -0.05) is 18.2 Å². The Labute approximate surface area is 165 Å². The van der Waals surface area contributed by atoms with E-state index in [2.05, 4.69) is 10.6 Å². The molecule has 0 unspecified atom stereocenters. The van der Waals surface area contributed by atoms with Crippen molar-refractivity contribution in [1.82, 2.24) is 5.32 Å². The Balaban J connectivity index is 1.56. The third kappa shape index (κ3) is 5.42. The molecule has 0 spiro atoms. The Kier molecular flexibility index (Phi) is 6.21. The van der Waals surface area contributed by atoms with Crippen molar-refractivity contribution >= 4 is 23.2 Å². The highest BCUT2D eigenvalue weighted by atomic mass is 16.6. The molecule has 1 heterocycles. The van der Waals surface area contributed by atoms with Crippen molar-refractivity contribution in [3.8, 4) is 5.75 Å². The van der Waals surface area contributed by atoms with Crippen LogP contribution in [0.25, 0.3) is 0 Å². The predicted octanol–water partition coefficient (Wildman–Crippen LogP) is 3.14. The van der Waals surface area contributed by atoms with E-state index >= 15 is 0 Å². The second kappa shape index (κ2) is 9.18.